The number of benzene rings is 1. The molecule has 1 aromatic carbocycles. The number of halogens is 1. The average Bonchev–Trinajstić information content (AvgIpc) is 3.08. The molecular formula is C20H21ClN6. The van der Waals surface area contributed by atoms with Gasteiger partial charge in [0, 0.05) is 24.9 Å². The highest BCUT2D eigenvalue weighted by molar-refractivity contribution is 6.34. The van der Waals surface area contributed by atoms with Crippen LogP contribution in [0.5, 0.6) is 0 Å². The Morgan fingerprint density at radius 3 is 2.89 bits per heavy atom. The van der Waals surface area contributed by atoms with E-state index in [1.165, 1.54) is 12.8 Å². The minimum absolute atomic E-state index is 0.556. The summed E-state index contributed by atoms with van der Waals surface area (Å²) in [6.07, 6.45) is 10.9. The Morgan fingerprint density at radius 2 is 2.07 bits per heavy atom. The Balaban J connectivity index is 1.47. The zero-order chi connectivity index (χ0) is 18.4. The standard InChI is InChI=1S/C20H21ClN6/c21-18-8-15-10-24-27(17-11-23-26(13-17)16-3-4-16)19(15)9-20(18)25-7-5-14(12-25)2-1-6-22/h8-11,13-14,16H,1-5,7,12H2/t14-/m1/s1. The van der Waals surface area contributed by atoms with Crippen molar-refractivity contribution >= 4 is 28.2 Å². The fourth-order valence-corrected chi connectivity index (χ4v) is 4.31. The molecule has 1 saturated carbocycles. The predicted molar refractivity (Wildman–Crippen MR) is 105 cm³/mol. The molecule has 1 saturated heterocycles. The fourth-order valence-electron chi connectivity index (χ4n) is 4.02. The van der Waals surface area contributed by atoms with Gasteiger partial charge < -0.3 is 4.90 Å². The Bertz CT molecular complexity index is 1020. The molecule has 2 fully saturated rings. The fraction of sp³-hybridized carbons (Fsp3) is 0.450. The highest BCUT2D eigenvalue weighted by Gasteiger charge is 2.26. The van der Waals surface area contributed by atoms with Gasteiger partial charge in [-0.05, 0) is 43.7 Å². The number of fused-ring (bicyclic) bond motifs is 1. The van der Waals surface area contributed by atoms with Gasteiger partial charge in [-0.25, -0.2) is 4.68 Å². The molecule has 6 nitrogen and oxygen atoms in total. The molecule has 2 aromatic heterocycles. The molecule has 0 radical (unpaired) electrons. The molecule has 0 unspecified atom stereocenters. The highest BCUT2D eigenvalue weighted by Crippen LogP contribution is 2.37. The van der Waals surface area contributed by atoms with Crippen LogP contribution in [-0.4, -0.2) is 32.7 Å². The number of hydrogen-bond acceptors (Lipinski definition) is 4. The van der Waals surface area contributed by atoms with Crippen molar-refractivity contribution in [3.05, 3.63) is 35.7 Å². The van der Waals surface area contributed by atoms with Gasteiger partial charge in [0.15, 0.2) is 0 Å². The van der Waals surface area contributed by atoms with Crippen LogP contribution in [0.25, 0.3) is 16.6 Å². The van der Waals surface area contributed by atoms with Gasteiger partial charge in [-0.15, -0.1) is 0 Å². The summed E-state index contributed by atoms with van der Waals surface area (Å²) in [6, 6.07) is 6.96. The zero-order valence-corrected chi connectivity index (χ0v) is 15.8. The molecule has 2 aliphatic rings. The second-order valence-corrected chi connectivity index (χ2v) is 8.03. The van der Waals surface area contributed by atoms with Gasteiger partial charge in [0.2, 0.25) is 0 Å². The van der Waals surface area contributed by atoms with Crippen LogP contribution in [0.1, 0.15) is 38.1 Å². The predicted octanol–water partition coefficient (Wildman–Crippen LogP) is 4.34. The van der Waals surface area contributed by atoms with Crippen LogP contribution in [0, 0.1) is 17.2 Å². The van der Waals surface area contributed by atoms with Crippen LogP contribution in [0.3, 0.4) is 0 Å². The third-order valence-corrected chi connectivity index (χ3v) is 5.98. The largest absolute Gasteiger partial charge is 0.370 e. The lowest BCUT2D eigenvalue weighted by atomic mass is 10.0. The van der Waals surface area contributed by atoms with Crippen LogP contribution >= 0.6 is 11.6 Å². The molecule has 1 atom stereocenters. The topological polar surface area (TPSA) is 62.7 Å². The van der Waals surface area contributed by atoms with Crippen LogP contribution in [0.15, 0.2) is 30.7 Å². The SMILES string of the molecule is N#CCC[C@@H]1CCN(c2cc3c(cnn3-c3cnn(C4CC4)c3)cc2Cl)C1. The van der Waals surface area contributed by atoms with Crippen LogP contribution in [0.4, 0.5) is 5.69 Å². The molecule has 0 amide bonds. The van der Waals surface area contributed by atoms with Gasteiger partial charge in [0.05, 0.1) is 46.9 Å². The van der Waals surface area contributed by atoms with E-state index in [2.05, 4.69) is 33.4 Å². The number of hydrogen-bond donors (Lipinski definition) is 0. The van der Waals surface area contributed by atoms with Crippen molar-refractivity contribution in [2.75, 3.05) is 18.0 Å². The quantitative estimate of drug-likeness (QED) is 0.660. The minimum atomic E-state index is 0.556. The van der Waals surface area contributed by atoms with Crippen molar-refractivity contribution in [2.24, 2.45) is 5.92 Å². The third kappa shape index (κ3) is 3.06. The molecule has 1 aliphatic carbocycles. The van der Waals surface area contributed by atoms with E-state index in [0.29, 0.717) is 18.4 Å². The molecule has 3 heterocycles. The van der Waals surface area contributed by atoms with Crippen molar-refractivity contribution in [3.8, 4) is 11.8 Å². The van der Waals surface area contributed by atoms with Crippen LogP contribution in [-0.2, 0) is 0 Å². The van der Waals surface area contributed by atoms with Gasteiger partial charge in [0.25, 0.3) is 0 Å². The summed E-state index contributed by atoms with van der Waals surface area (Å²) in [4.78, 5) is 2.34. The van der Waals surface area contributed by atoms with E-state index in [9.17, 15) is 0 Å². The van der Waals surface area contributed by atoms with Crippen molar-refractivity contribution in [3.63, 3.8) is 0 Å². The summed E-state index contributed by atoms with van der Waals surface area (Å²) in [7, 11) is 0. The average molecular weight is 381 g/mol. The number of nitriles is 1. The molecule has 27 heavy (non-hydrogen) atoms. The molecule has 138 valence electrons. The first-order valence-corrected chi connectivity index (χ1v) is 9.94. The summed E-state index contributed by atoms with van der Waals surface area (Å²) in [5.74, 6) is 0.568. The Labute approximate surface area is 162 Å². The van der Waals surface area contributed by atoms with E-state index < -0.39 is 0 Å². The molecule has 0 bridgehead atoms. The molecule has 0 N–H and O–H groups in total. The second kappa shape index (κ2) is 6.58. The minimum Gasteiger partial charge on any atom is -0.370 e. The van der Waals surface area contributed by atoms with Gasteiger partial charge in [-0.2, -0.15) is 15.5 Å². The second-order valence-electron chi connectivity index (χ2n) is 7.63. The van der Waals surface area contributed by atoms with E-state index in [1.807, 2.05) is 27.8 Å². The number of rotatable bonds is 5. The van der Waals surface area contributed by atoms with Crippen molar-refractivity contribution in [1.82, 2.24) is 19.6 Å². The van der Waals surface area contributed by atoms with Crippen molar-refractivity contribution < 1.29 is 0 Å². The Hall–Kier alpha value is -2.52. The van der Waals surface area contributed by atoms with E-state index in [0.717, 1.165) is 53.2 Å². The first-order valence-electron chi connectivity index (χ1n) is 9.56. The van der Waals surface area contributed by atoms with Gasteiger partial charge in [-0.1, -0.05) is 11.6 Å². The number of nitrogens with zero attached hydrogens (tertiary/aromatic N) is 6. The third-order valence-electron chi connectivity index (χ3n) is 5.68. The Morgan fingerprint density at radius 1 is 1.19 bits per heavy atom. The molecule has 1 aliphatic heterocycles. The smallest absolute Gasteiger partial charge is 0.103 e. The van der Waals surface area contributed by atoms with Gasteiger partial charge >= 0.3 is 0 Å². The molecular weight excluding hydrogens is 360 g/mol. The maximum absolute atomic E-state index is 8.83. The maximum Gasteiger partial charge on any atom is 0.103 e. The summed E-state index contributed by atoms with van der Waals surface area (Å²) >= 11 is 6.60. The molecule has 0 spiro atoms. The van der Waals surface area contributed by atoms with E-state index in [1.54, 1.807) is 0 Å². The van der Waals surface area contributed by atoms with Crippen molar-refractivity contribution in [1.29, 1.82) is 5.26 Å². The normalized spacial score (nSPS) is 19.7. The zero-order valence-electron chi connectivity index (χ0n) is 15.1. The number of anilines is 1. The monoisotopic (exact) mass is 380 g/mol. The van der Waals surface area contributed by atoms with E-state index >= 15 is 0 Å². The summed E-state index contributed by atoms with van der Waals surface area (Å²) in [5.41, 5.74) is 3.09. The van der Waals surface area contributed by atoms with Gasteiger partial charge in [-0.3, -0.25) is 4.68 Å². The first-order chi connectivity index (χ1) is 13.2. The summed E-state index contributed by atoms with van der Waals surface area (Å²) in [6.45, 7) is 1.94. The summed E-state index contributed by atoms with van der Waals surface area (Å²) < 4.78 is 3.99. The van der Waals surface area contributed by atoms with Crippen molar-refractivity contribution in [2.45, 2.75) is 38.1 Å². The van der Waals surface area contributed by atoms with Gasteiger partial charge in [0.1, 0.15) is 5.69 Å². The lowest BCUT2D eigenvalue weighted by Crippen LogP contribution is -2.20. The van der Waals surface area contributed by atoms with E-state index in [4.69, 9.17) is 16.9 Å². The first kappa shape index (κ1) is 16.6. The van der Waals surface area contributed by atoms with E-state index in [-0.39, 0.29) is 0 Å². The lowest BCUT2D eigenvalue weighted by molar-refractivity contribution is 0.547. The molecule has 7 heteroatoms. The Kier molecular flexibility index (Phi) is 4.05. The summed E-state index contributed by atoms with van der Waals surface area (Å²) in [5, 5.41) is 19.7. The molecule has 5 rings (SSSR count). The maximum atomic E-state index is 8.83. The number of aromatic nitrogens is 4. The lowest BCUT2D eigenvalue weighted by Gasteiger charge is -2.20. The molecule has 3 aromatic rings. The highest BCUT2D eigenvalue weighted by atomic mass is 35.5. The van der Waals surface area contributed by atoms with Crippen LogP contribution in [0.2, 0.25) is 5.02 Å². The van der Waals surface area contributed by atoms with Crippen LogP contribution < -0.4 is 4.90 Å².